The molecule has 29 heavy (non-hydrogen) atoms. The van der Waals surface area contributed by atoms with E-state index in [4.69, 9.17) is 5.26 Å². The summed E-state index contributed by atoms with van der Waals surface area (Å²) in [5.41, 5.74) is 3.49. The first-order valence-electron chi connectivity index (χ1n) is 9.15. The van der Waals surface area contributed by atoms with E-state index in [1.54, 1.807) is 35.3 Å². The molecule has 2 aromatic heterocycles. The van der Waals surface area contributed by atoms with Gasteiger partial charge < -0.3 is 5.32 Å². The number of para-hydroxylation sites is 1. The molecule has 2 aromatic carbocycles. The molecule has 1 amide bonds. The van der Waals surface area contributed by atoms with Crippen LogP contribution in [0.15, 0.2) is 60.9 Å². The number of nitrogens with zero attached hydrogens (tertiary/aromatic N) is 5. The highest BCUT2D eigenvalue weighted by Crippen LogP contribution is 2.26. The first-order chi connectivity index (χ1) is 14.1. The molecular weight excluding hydrogens is 364 g/mol. The predicted octanol–water partition coefficient (Wildman–Crippen LogP) is 3.49. The van der Waals surface area contributed by atoms with Crippen LogP contribution in [0.1, 0.15) is 40.0 Å². The van der Waals surface area contributed by atoms with Gasteiger partial charge in [-0.2, -0.15) is 5.26 Å². The zero-order valence-electron chi connectivity index (χ0n) is 16.0. The highest BCUT2D eigenvalue weighted by molar-refractivity contribution is 5.96. The number of aromatic nitrogens is 4. The van der Waals surface area contributed by atoms with Crippen LogP contribution in [0.5, 0.6) is 0 Å². The second-order valence-electron chi connectivity index (χ2n) is 6.77. The number of amides is 1. The number of carbonyl (C=O) groups excluding carboxylic acids is 1. The van der Waals surface area contributed by atoms with E-state index < -0.39 is 0 Å². The summed E-state index contributed by atoms with van der Waals surface area (Å²) in [5, 5.41) is 21.0. The van der Waals surface area contributed by atoms with Crippen molar-refractivity contribution in [3.63, 3.8) is 0 Å². The van der Waals surface area contributed by atoms with Crippen molar-refractivity contribution in [1.29, 1.82) is 5.26 Å². The summed E-state index contributed by atoms with van der Waals surface area (Å²) in [7, 11) is 0. The van der Waals surface area contributed by atoms with Gasteiger partial charge in [-0.1, -0.05) is 29.5 Å². The van der Waals surface area contributed by atoms with Crippen molar-refractivity contribution < 1.29 is 4.79 Å². The van der Waals surface area contributed by atoms with Crippen LogP contribution in [0.2, 0.25) is 0 Å². The van der Waals surface area contributed by atoms with Crippen LogP contribution in [-0.4, -0.2) is 25.9 Å². The zero-order chi connectivity index (χ0) is 20.4. The average Bonchev–Trinajstić information content (AvgIpc) is 3.28. The van der Waals surface area contributed by atoms with Crippen LogP contribution in [0, 0.1) is 18.3 Å². The molecule has 2 heterocycles. The predicted molar refractivity (Wildman–Crippen MR) is 108 cm³/mol. The van der Waals surface area contributed by atoms with Gasteiger partial charge in [0.05, 0.1) is 35.6 Å². The molecular formula is C22H18N6O. The van der Waals surface area contributed by atoms with Crippen molar-refractivity contribution in [2.24, 2.45) is 0 Å². The number of aryl methyl sites for hydroxylation is 1. The molecule has 1 atom stereocenters. The number of pyridine rings is 1. The standard InChI is InChI=1S/C22H18N6O/c1-14-7-8-16(13-23)11-18(14)22(29)25-15(2)19-12-21(28-10-9-24-27-28)26-20-6-4-3-5-17(19)20/h3-12,15H,1-2H3,(H,25,29)/t15-/m1/s1. The molecule has 7 heteroatoms. The quantitative estimate of drug-likeness (QED) is 0.583. The van der Waals surface area contributed by atoms with Crippen molar-refractivity contribution in [1.82, 2.24) is 25.3 Å². The lowest BCUT2D eigenvalue weighted by molar-refractivity contribution is 0.0939. The fourth-order valence-corrected chi connectivity index (χ4v) is 3.28. The Balaban J connectivity index is 1.72. The van der Waals surface area contributed by atoms with Gasteiger partial charge in [-0.25, -0.2) is 9.67 Å². The highest BCUT2D eigenvalue weighted by Gasteiger charge is 2.18. The first-order valence-corrected chi connectivity index (χ1v) is 9.15. The zero-order valence-corrected chi connectivity index (χ0v) is 16.0. The Hall–Kier alpha value is -4.05. The van der Waals surface area contributed by atoms with E-state index in [9.17, 15) is 4.79 Å². The van der Waals surface area contributed by atoms with Gasteiger partial charge in [-0.05, 0) is 49.2 Å². The van der Waals surface area contributed by atoms with E-state index in [-0.39, 0.29) is 11.9 Å². The lowest BCUT2D eigenvalue weighted by atomic mass is 10.0. The summed E-state index contributed by atoms with van der Waals surface area (Å²) >= 11 is 0. The molecule has 0 unspecified atom stereocenters. The average molecular weight is 382 g/mol. The Morgan fingerprint density at radius 3 is 2.79 bits per heavy atom. The molecule has 0 saturated carbocycles. The molecule has 7 nitrogen and oxygen atoms in total. The van der Waals surface area contributed by atoms with Crippen LogP contribution in [-0.2, 0) is 0 Å². The number of carbonyl (C=O) groups is 1. The number of hydrogen-bond acceptors (Lipinski definition) is 5. The van der Waals surface area contributed by atoms with Gasteiger partial charge >= 0.3 is 0 Å². The second kappa shape index (κ2) is 7.52. The molecule has 0 aliphatic heterocycles. The van der Waals surface area contributed by atoms with Crippen molar-refractivity contribution in [2.45, 2.75) is 19.9 Å². The topological polar surface area (TPSA) is 96.5 Å². The number of fused-ring (bicyclic) bond motifs is 1. The lowest BCUT2D eigenvalue weighted by Gasteiger charge is -2.18. The van der Waals surface area contributed by atoms with Gasteiger partial charge in [-0.3, -0.25) is 4.79 Å². The summed E-state index contributed by atoms with van der Waals surface area (Å²) in [4.78, 5) is 17.5. The molecule has 0 saturated heterocycles. The maximum atomic E-state index is 12.9. The van der Waals surface area contributed by atoms with E-state index in [1.165, 1.54) is 0 Å². The third-order valence-electron chi connectivity index (χ3n) is 4.82. The third-order valence-corrected chi connectivity index (χ3v) is 4.82. The fourth-order valence-electron chi connectivity index (χ4n) is 3.28. The Bertz CT molecular complexity index is 1240. The summed E-state index contributed by atoms with van der Waals surface area (Å²) in [6, 6.07) is 16.6. The maximum absolute atomic E-state index is 12.9. The van der Waals surface area contributed by atoms with Crippen LogP contribution in [0.25, 0.3) is 16.7 Å². The monoisotopic (exact) mass is 382 g/mol. The maximum Gasteiger partial charge on any atom is 0.252 e. The van der Waals surface area contributed by atoms with Gasteiger partial charge in [0.2, 0.25) is 0 Å². The van der Waals surface area contributed by atoms with Crippen molar-refractivity contribution in [2.75, 3.05) is 0 Å². The Morgan fingerprint density at radius 2 is 2.03 bits per heavy atom. The van der Waals surface area contributed by atoms with E-state index >= 15 is 0 Å². The SMILES string of the molecule is Cc1ccc(C#N)cc1C(=O)N[C@H](C)c1cc(-n2ccnn2)nc2ccccc12. The number of nitriles is 1. The van der Waals surface area contributed by atoms with E-state index in [2.05, 4.69) is 26.7 Å². The van der Waals surface area contributed by atoms with Gasteiger partial charge in [0.25, 0.3) is 5.91 Å². The van der Waals surface area contributed by atoms with Crippen LogP contribution in [0.4, 0.5) is 0 Å². The highest BCUT2D eigenvalue weighted by atomic mass is 16.1. The fraction of sp³-hybridized carbons (Fsp3) is 0.136. The molecule has 0 spiro atoms. The first kappa shape index (κ1) is 18.3. The van der Waals surface area contributed by atoms with Crippen LogP contribution in [0.3, 0.4) is 0 Å². The summed E-state index contributed by atoms with van der Waals surface area (Å²) < 4.78 is 1.59. The molecule has 0 bridgehead atoms. The van der Waals surface area contributed by atoms with Crippen LogP contribution < -0.4 is 5.32 Å². The lowest BCUT2D eigenvalue weighted by Crippen LogP contribution is -2.27. The Morgan fingerprint density at radius 1 is 1.21 bits per heavy atom. The van der Waals surface area contributed by atoms with Gasteiger partial charge in [0, 0.05) is 10.9 Å². The molecule has 0 aliphatic rings. The van der Waals surface area contributed by atoms with Gasteiger partial charge in [0.1, 0.15) is 0 Å². The molecule has 1 N–H and O–H groups in total. The summed E-state index contributed by atoms with van der Waals surface area (Å²) in [5.74, 6) is 0.398. The second-order valence-corrected chi connectivity index (χ2v) is 6.77. The molecule has 0 aliphatic carbocycles. The minimum atomic E-state index is -0.289. The molecule has 142 valence electrons. The Kier molecular flexibility index (Phi) is 4.75. The third kappa shape index (κ3) is 3.56. The Labute approximate surface area is 167 Å². The van der Waals surface area contributed by atoms with E-state index in [1.807, 2.05) is 44.2 Å². The van der Waals surface area contributed by atoms with Crippen molar-refractivity contribution in [3.8, 4) is 11.9 Å². The van der Waals surface area contributed by atoms with Crippen molar-refractivity contribution >= 4 is 16.8 Å². The van der Waals surface area contributed by atoms with Crippen LogP contribution >= 0.6 is 0 Å². The minimum Gasteiger partial charge on any atom is -0.345 e. The van der Waals surface area contributed by atoms with E-state index in [0.717, 1.165) is 22.0 Å². The number of hydrogen-bond donors (Lipinski definition) is 1. The summed E-state index contributed by atoms with van der Waals surface area (Å²) in [6.07, 6.45) is 3.31. The number of rotatable bonds is 4. The smallest absolute Gasteiger partial charge is 0.252 e. The number of benzene rings is 2. The van der Waals surface area contributed by atoms with Gasteiger partial charge in [-0.15, -0.1) is 5.10 Å². The largest absolute Gasteiger partial charge is 0.345 e. The molecule has 4 rings (SSSR count). The van der Waals surface area contributed by atoms with Gasteiger partial charge in [0.15, 0.2) is 5.82 Å². The molecule has 0 fully saturated rings. The number of nitrogens with one attached hydrogen (secondary N) is 1. The molecule has 0 radical (unpaired) electrons. The summed E-state index contributed by atoms with van der Waals surface area (Å²) in [6.45, 7) is 3.78. The minimum absolute atomic E-state index is 0.227. The molecule has 4 aromatic rings. The normalized spacial score (nSPS) is 11.8. The van der Waals surface area contributed by atoms with Crippen molar-refractivity contribution in [3.05, 3.63) is 83.2 Å². The van der Waals surface area contributed by atoms with E-state index in [0.29, 0.717) is 16.9 Å².